The smallest absolute Gasteiger partial charge is 0.296 e. The Labute approximate surface area is 335 Å². The average molecular weight is 871 g/mol. The Morgan fingerprint density at radius 3 is 1.97 bits per heavy atom. The first kappa shape index (κ1) is 41.9. The molecule has 20 nitrogen and oxygen atoms in total. The van der Waals surface area contributed by atoms with E-state index in [-0.39, 0.29) is 48.9 Å². The molecule has 0 fully saturated rings. The fraction of sp³-hybridized carbons (Fsp3) is 0. The highest BCUT2D eigenvalue weighted by Crippen LogP contribution is 2.46. The summed E-state index contributed by atoms with van der Waals surface area (Å²) in [7, 11) is -9.92. The van der Waals surface area contributed by atoms with Gasteiger partial charge in [0.25, 0.3) is 20.2 Å². The lowest BCUT2D eigenvalue weighted by molar-refractivity contribution is -0.432. The minimum absolute atomic E-state index is 0.00162. The fourth-order valence-electron chi connectivity index (χ4n) is 5.46. The molecule has 6 aromatic rings. The van der Waals surface area contributed by atoms with Gasteiger partial charge in [0.05, 0.1) is 40.4 Å². The summed E-state index contributed by atoms with van der Waals surface area (Å²) in [5.74, 6) is -1.05. The summed E-state index contributed by atoms with van der Waals surface area (Å²) in [5, 5.41) is 63.1. The maximum Gasteiger partial charge on any atom is 0.296 e. The van der Waals surface area contributed by atoms with E-state index in [4.69, 9.17) is 22.0 Å². The van der Waals surface area contributed by atoms with E-state index in [1.54, 1.807) is 48.5 Å². The van der Waals surface area contributed by atoms with Crippen LogP contribution in [0.1, 0.15) is 11.1 Å². The van der Waals surface area contributed by atoms with Gasteiger partial charge in [-0.05, 0) is 82.6 Å². The second-order valence-electron chi connectivity index (χ2n) is 11.7. The second kappa shape index (κ2) is 17.4. The highest BCUT2D eigenvalue weighted by atomic mass is 32.2. The molecule has 24 heteroatoms. The van der Waals surface area contributed by atoms with E-state index in [1.165, 1.54) is 36.4 Å². The minimum atomic E-state index is -5.05. The van der Waals surface area contributed by atoms with E-state index in [1.807, 2.05) is 0 Å². The Morgan fingerprint density at radius 2 is 1.28 bits per heavy atom. The molecular formula is C34H26N6O14S4. The van der Waals surface area contributed by atoms with Crippen molar-refractivity contribution in [2.45, 2.75) is 19.6 Å². The molecule has 0 saturated heterocycles. The van der Waals surface area contributed by atoms with Gasteiger partial charge in [-0.3, -0.25) is 9.11 Å². The van der Waals surface area contributed by atoms with Gasteiger partial charge in [-0.25, -0.2) is 10.5 Å². The van der Waals surface area contributed by atoms with E-state index in [9.17, 15) is 36.2 Å². The van der Waals surface area contributed by atoms with Crippen LogP contribution in [0.2, 0.25) is 0 Å². The van der Waals surface area contributed by atoms with Crippen molar-refractivity contribution >= 4 is 112 Å². The summed E-state index contributed by atoms with van der Waals surface area (Å²) in [4.78, 5) is -1.02. The van der Waals surface area contributed by atoms with E-state index in [0.29, 0.717) is 51.8 Å². The van der Waals surface area contributed by atoms with E-state index >= 15 is 0 Å². The third kappa shape index (κ3) is 9.51. The zero-order chi connectivity index (χ0) is 41.8. The van der Waals surface area contributed by atoms with Gasteiger partial charge in [0.15, 0.2) is 11.5 Å². The number of phenols is 2. The van der Waals surface area contributed by atoms with Crippen LogP contribution in [-0.2, 0) is 39.0 Å². The predicted molar refractivity (Wildman–Crippen MR) is 211 cm³/mol. The monoisotopic (exact) mass is 870 g/mol. The van der Waals surface area contributed by atoms with Gasteiger partial charge >= 0.3 is 0 Å². The summed E-state index contributed by atoms with van der Waals surface area (Å²) in [6.07, 6.45) is 2.90. The Balaban J connectivity index is 1.27. The third-order valence-electron chi connectivity index (χ3n) is 7.98. The molecule has 0 unspecified atom stereocenters. The number of nitrogens with zero attached hydrogens (tertiary/aromatic N) is 4. The zero-order valence-corrected chi connectivity index (χ0v) is 32.0. The molecule has 0 amide bonds. The highest BCUT2D eigenvalue weighted by molar-refractivity contribution is 7.95. The summed E-state index contributed by atoms with van der Waals surface area (Å²) in [6, 6.07) is 19.9. The third-order valence-corrected chi connectivity index (χ3v) is 10.9. The van der Waals surface area contributed by atoms with Crippen LogP contribution in [0.15, 0.2) is 125 Å². The molecule has 0 aliphatic rings. The number of hydrogen-bond acceptors (Lipinski definition) is 20. The molecule has 10 N–H and O–H groups in total. The molecule has 0 atom stereocenters. The number of hydrogen-bond donors (Lipinski definition) is 8. The topological polar surface area (TPSA) is 328 Å². The van der Waals surface area contributed by atoms with Crippen LogP contribution in [0, 0.1) is 0 Å². The van der Waals surface area contributed by atoms with Crippen LogP contribution in [0.3, 0.4) is 0 Å². The van der Waals surface area contributed by atoms with E-state index in [0.717, 1.165) is 12.1 Å². The number of fused-ring (bicyclic) bond motifs is 2. The van der Waals surface area contributed by atoms with Crippen LogP contribution in [0.4, 0.5) is 34.1 Å². The number of nitrogen functional groups attached to an aromatic ring is 2. The molecular weight excluding hydrogens is 845 g/mol. The molecule has 0 spiro atoms. The quantitative estimate of drug-likeness (QED) is 0.00962. The lowest BCUT2D eigenvalue weighted by atomic mass is 10.1. The normalized spacial score (nSPS) is 12.6. The number of benzene rings is 6. The van der Waals surface area contributed by atoms with Crippen LogP contribution in [-0.4, -0.2) is 46.7 Å². The number of aromatic hydroxyl groups is 2. The van der Waals surface area contributed by atoms with Crippen LogP contribution in [0.5, 0.6) is 11.5 Å². The Kier molecular flexibility index (Phi) is 12.6. The lowest BCUT2D eigenvalue weighted by Crippen LogP contribution is -2.00. The number of rotatable bonds is 14. The van der Waals surface area contributed by atoms with Gasteiger partial charge in [-0.1, -0.05) is 46.5 Å². The van der Waals surface area contributed by atoms with Gasteiger partial charge in [0, 0.05) is 27.0 Å². The lowest BCUT2D eigenvalue weighted by Gasteiger charge is -2.12. The summed E-state index contributed by atoms with van der Waals surface area (Å²) >= 11 is 1.08. The molecule has 0 bridgehead atoms. The molecule has 6 rings (SSSR count). The van der Waals surface area contributed by atoms with Crippen molar-refractivity contribution in [1.29, 1.82) is 0 Å². The molecule has 0 aliphatic heterocycles. The number of azo groups is 2. The molecule has 58 heavy (non-hydrogen) atoms. The summed E-state index contributed by atoms with van der Waals surface area (Å²) in [5.41, 5.74) is 12.2. The minimum Gasteiger partial charge on any atom is -0.505 e. The van der Waals surface area contributed by atoms with Gasteiger partial charge < -0.3 is 21.7 Å². The Hall–Kier alpha value is -5.74. The standard InChI is InChI=1S/C34H26N6O14S4/c35-21-7-5-19-12-27(56-54-52-44)31(33(41)25(19)14-21)39-37-22-8-2-17(3-9-22)1-4-18-6-10-23(15-28(18)57(45,46)47)38-40-32-29(58(48,49)50)13-20-11-24(55-53-51-43)16-26(36)30(20)34(32)42/h1-16,41-44H,35-36H2,(H,45,46,47)(H,48,49,50). The zero-order valence-electron chi connectivity index (χ0n) is 28.8. The fourth-order valence-corrected chi connectivity index (χ4v) is 7.77. The van der Waals surface area contributed by atoms with Crippen LogP contribution >= 0.6 is 24.1 Å². The molecule has 0 heterocycles. The molecule has 0 saturated carbocycles. The van der Waals surface area contributed by atoms with Crippen molar-refractivity contribution in [2.75, 3.05) is 11.5 Å². The predicted octanol–water partition coefficient (Wildman–Crippen LogP) is 8.92. The van der Waals surface area contributed by atoms with Gasteiger partial charge in [-0.2, -0.15) is 27.1 Å². The molecule has 0 aromatic heterocycles. The highest BCUT2D eigenvalue weighted by Gasteiger charge is 2.24. The maximum atomic E-state index is 12.4. The number of anilines is 2. The van der Waals surface area contributed by atoms with Gasteiger partial charge in [0.2, 0.25) is 0 Å². The second-order valence-corrected chi connectivity index (χ2v) is 16.0. The van der Waals surface area contributed by atoms with Crippen molar-refractivity contribution in [1.82, 2.24) is 0 Å². The van der Waals surface area contributed by atoms with E-state index in [2.05, 4.69) is 39.2 Å². The Morgan fingerprint density at radius 1 is 0.621 bits per heavy atom. The van der Waals surface area contributed by atoms with Crippen LogP contribution < -0.4 is 11.5 Å². The molecule has 6 aromatic carbocycles. The van der Waals surface area contributed by atoms with Gasteiger partial charge in [0.1, 0.15) is 21.2 Å². The summed E-state index contributed by atoms with van der Waals surface area (Å²) in [6.45, 7) is 0. The Bertz CT molecular complexity index is 2880. The summed E-state index contributed by atoms with van der Waals surface area (Å²) < 4.78 is 78.3. The first-order valence-corrected chi connectivity index (χ1v) is 20.1. The molecule has 0 aliphatic carbocycles. The SMILES string of the molecule is Nc1ccc2cc(SOOO)c(N=Nc3ccc(C=Cc4ccc(N=Nc5c(S(=O)(=O)O)cc6cc(SOOO)cc(N)c6c5O)cc4S(=O)(=O)O)cc3)c(O)c2c1. The first-order chi connectivity index (χ1) is 27.6. The molecule has 300 valence electrons. The maximum absolute atomic E-state index is 12.4. The van der Waals surface area contributed by atoms with E-state index < -0.39 is 41.5 Å². The molecule has 0 radical (unpaired) electrons. The van der Waals surface area contributed by atoms with Gasteiger partial charge in [-0.15, -0.1) is 18.9 Å². The van der Waals surface area contributed by atoms with Crippen molar-refractivity contribution in [3.8, 4) is 11.5 Å². The number of nitrogens with two attached hydrogens (primary N) is 2. The van der Waals surface area contributed by atoms with Crippen molar-refractivity contribution in [3.05, 3.63) is 96.1 Å². The van der Waals surface area contributed by atoms with Crippen molar-refractivity contribution in [2.24, 2.45) is 20.5 Å². The largest absolute Gasteiger partial charge is 0.505 e. The van der Waals surface area contributed by atoms with Crippen molar-refractivity contribution < 1.29 is 65.4 Å². The average Bonchev–Trinajstić information content (AvgIpc) is 3.17. The number of phenolic OH excluding ortho intramolecular Hbond substituents is 2. The van der Waals surface area contributed by atoms with Crippen LogP contribution in [0.25, 0.3) is 33.7 Å². The van der Waals surface area contributed by atoms with Crippen molar-refractivity contribution in [3.63, 3.8) is 0 Å². The first-order valence-electron chi connectivity index (χ1n) is 15.7.